The molecule has 4 N–H and O–H groups in total. The van der Waals surface area contributed by atoms with Gasteiger partial charge in [-0.25, -0.2) is 27.1 Å². The number of sulfonamides is 1. The molecule has 1 unspecified atom stereocenters. The fraction of sp³-hybridized carbons (Fsp3) is 0.450. The third kappa shape index (κ3) is 4.69. The third-order valence-electron chi connectivity index (χ3n) is 6.05. The Labute approximate surface area is 197 Å². The number of anilines is 1. The molecular weight excluding hydrogens is 496 g/mol. The highest BCUT2D eigenvalue weighted by Crippen LogP contribution is 2.47. The first-order valence-corrected chi connectivity index (χ1v) is 11.9. The molecule has 0 spiro atoms. The fourth-order valence-corrected chi connectivity index (χ4v) is 6.35. The summed E-state index contributed by atoms with van der Waals surface area (Å²) in [6.07, 6.45) is -3.02. The highest BCUT2D eigenvalue weighted by molar-refractivity contribution is 7.90. The molecule has 4 rings (SSSR count). The molecule has 1 saturated heterocycles. The molecule has 0 amide bonds. The number of guanidine groups is 1. The van der Waals surface area contributed by atoms with Gasteiger partial charge in [-0.05, 0) is 37.5 Å². The van der Waals surface area contributed by atoms with E-state index in [1.165, 1.54) is 19.2 Å². The van der Waals surface area contributed by atoms with Gasteiger partial charge in [-0.15, -0.1) is 0 Å². The minimum absolute atomic E-state index is 0.0283. The number of hydrogen-bond acceptors (Lipinski definition) is 8. The van der Waals surface area contributed by atoms with E-state index in [0.29, 0.717) is 6.42 Å². The number of nitrogens with one attached hydrogen (secondary N) is 3. The van der Waals surface area contributed by atoms with Crippen molar-refractivity contribution in [3.8, 4) is 5.88 Å². The molecule has 1 aliphatic heterocycles. The summed E-state index contributed by atoms with van der Waals surface area (Å²) in [6.45, 7) is -1.54. The lowest BCUT2D eigenvalue weighted by Crippen LogP contribution is -2.65. The number of alkyl halides is 3. The number of rotatable bonds is 6. The van der Waals surface area contributed by atoms with Gasteiger partial charge in [0.25, 0.3) is 0 Å². The van der Waals surface area contributed by atoms with Gasteiger partial charge in [-0.2, -0.15) is 13.2 Å². The molecule has 2 fully saturated rings. The van der Waals surface area contributed by atoms with Crippen molar-refractivity contribution in [2.75, 3.05) is 19.0 Å². The Morgan fingerprint density at radius 2 is 2.11 bits per heavy atom. The summed E-state index contributed by atoms with van der Waals surface area (Å²) in [7, 11) is -2.64. The number of ether oxygens (including phenoxy) is 1. The Morgan fingerprint density at radius 3 is 2.77 bits per heavy atom. The molecule has 190 valence electrons. The number of nitrogens with zero attached hydrogens (tertiary/aromatic N) is 3. The molecule has 1 saturated carbocycles. The van der Waals surface area contributed by atoms with E-state index >= 15 is 0 Å². The SMILES string of the molecule is CN1C(=N)N[C@@]2(c3cc(NC(O)c4cnc(OCC(F)(F)F)cn4)ccc3F)CCC[C@H]2S1(=O)=O. The Bertz CT molecular complexity index is 1230. The van der Waals surface area contributed by atoms with Crippen LogP contribution in [0.4, 0.5) is 23.2 Å². The second-order valence-corrected chi connectivity index (χ2v) is 10.4. The van der Waals surface area contributed by atoms with Crippen LogP contribution in [0.2, 0.25) is 0 Å². The van der Waals surface area contributed by atoms with E-state index in [0.717, 1.165) is 22.8 Å². The van der Waals surface area contributed by atoms with Crippen molar-refractivity contribution < 1.29 is 35.8 Å². The van der Waals surface area contributed by atoms with Gasteiger partial charge in [0.05, 0.1) is 17.9 Å². The second kappa shape index (κ2) is 8.78. The number of benzene rings is 1. The van der Waals surface area contributed by atoms with Crippen LogP contribution in [0.3, 0.4) is 0 Å². The normalized spacial score (nSPS) is 24.5. The number of hydrogen-bond donors (Lipinski definition) is 4. The molecule has 3 atom stereocenters. The summed E-state index contributed by atoms with van der Waals surface area (Å²) in [6, 6.07) is 3.79. The lowest BCUT2D eigenvalue weighted by molar-refractivity contribution is -0.154. The lowest BCUT2D eigenvalue weighted by Gasteiger charge is -2.45. The van der Waals surface area contributed by atoms with Crippen LogP contribution in [-0.2, 0) is 15.6 Å². The Balaban J connectivity index is 1.57. The monoisotopic (exact) mass is 518 g/mol. The number of aliphatic hydroxyl groups is 1. The third-order valence-corrected chi connectivity index (χ3v) is 8.35. The molecule has 1 aromatic heterocycles. The van der Waals surface area contributed by atoms with Crippen LogP contribution in [-0.4, -0.2) is 58.8 Å². The Hall–Kier alpha value is -3.20. The van der Waals surface area contributed by atoms with Crippen molar-refractivity contribution >= 4 is 21.7 Å². The van der Waals surface area contributed by atoms with E-state index in [9.17, 15) is 31.1 Å². The first-order chi connectivity index (χ1) is 16.3. The van der Waals surface area contributed by atoms with Crippen molar-refractivity contribution in [3.63, 3.8) is 0 Å². The largest absolute Gasteiger partial charge is 0.467 e. The van der Waals surface area contributed by atoms with Crippen LogP contribution in [0.15, 0.2) is 30.6 Å². The molecular formula is C20H22F4N6O4S. The van der Waals surface area contributed by atoms with Crippen molar-refractivity contribution in [3.05, 3.63) is 47.7 Å². The summed E-state index contributed by atoms with van der Waals surface area (Å²) in [5.74, 6) is -1.43. The van der Waals surface area contributed by atoms with Crippen molar-refractivity contribution in [1.82, 2.24) is 19.6 Å². The number of halogens is 4. The molecule has 1 aromatic carbocycles. The predicted octanol–water partition coefficient (Wildman–Crippen LogP) is 2.21. The van der Waals surface area contributed by atoms with Crippen molar-refractivity contribution in [2.24, 2.45) is 0 Å². The smallest absolute Gasteiger partial charge is 0.422 e. The van der Waals surface area contributed by atoms with Gasteiger partial charge in [-0.3, -0.25) is 5.41 Å². The molecule has 10 nitrogen and oxygen atoms in total. The quantitative estimate of drug-likeness (QED) is 0.337. The maximum Gasteiger partial charge on any atom is 0.422 e. The number of fused-ring (bicyclic) bond motifs is 1. The molecule has 35 heavy (non-hydrogen) atoms. The Morgan fingerprint density at radius 1 is 1.37 bits per heavy atom. The average Bonchev–Trinajstić information content (AvgIpc) is 3.23. The van der Waals surface area contributed by atoms with Gasteiger partial charge in [0.15, 0.2) is 12.8 Å². The number of aliphatic hydroxyl groups excluding tert-OH is 1. The van der Waals surface area contributed by atoms with E-state index in [4.69, 9.17) is 5.41 Å². The Kier molecular flexibility index (Phi) is 6.25. The van der Waals surface area contributed by atoms with Crippen LogP contribution in [0.25, 0.3) is 0 Å². The van der Waals surface area contributed by atoms with Gasteiger partial charge >= 0.3 is 6.18 Å². The average molecular weight is 518 g/mol. The highest BCUT2D eigenvalue weighted by atomic mass is 32.2. The second-order valence-electron chi connectivity index (χ2n) is 8.26. The zero-order chi connectivity index (χ0) is 25.6. The van der Waals surface area contributed by atoms with Crippen LogP contribution in [0, 0.1) is 11.2 Å². The number of aromatic nitrogens is 2. The van der Waals surface area contributed by atoms with Crippen LogP contribution in [0.1, 0.15) is 36.7 Å². The summed E-state index contributed by atoms with van der Waals surface area (Å²) in [4.78, 5) is 7.50. The molecule has 0 bridgehead atoms. The van der Waals surface area contributed by atoms with E-state index in [1.807, 2.05) is 0 Å². The maximum atomic E-state index is 15.0. The summed E-state index contributed by atoms with van der Waals surface area (Å²) in [5, 5.41) is 23.1. The minimum Gasteiger partial charge on any atom is -0.467 e. The standard InChI is InChI=1S/C20H22F4N6O4S/c1-30-18(25)29-19(6-2-3-15(19)35(30,32)33)12-7-11(4-5-13(12)21)28-17(31)14-8-27-16(9-26-14)34-10-20(22,23)24/h4-5,7-9,15,17,28,31H,2-3,6,10H2,1H3,(H2,25,29)/t15-,17?,19-/m1/s1. The van der Waals surface area contributed by atoms with Gasteiger partial charge in [0, 0.05) is 18.3 Å². The minimum atomic E-state index is -4.54. The summed E-state index contributed by atoms with van der Waals surface area (Å²) < 4.78 is 83.0. The van der Waals surface area contributed by atoms with Crippen LogP contribution >= 0.6 is 0 Å². The maximum absolute atomic E-state index is 15.0. The summed E-state index contributed by atoms with van der Waals surface area (Å²) >= 11 is 0. The van der Waals surface area contributed by atoms with Gasteiger partial charge in [0.1, 0.15) is 16.8 Å². The van der Waals surface area contributed by atoms with E-state index in [1.54, 1.807) is 0 Å². The highest BCUT2D eigenvalue weighted by Gasteiger charge is 2.57. The first kappa shape index (κ1) is 24.9. The molecule has 2 aliphatic rings. The zero-order valence-electron chi connectivity index (χ0n) is 18.3. The molecule has 15 heteroatoms. The fourth-order valence-electron chi connectivity index (χ4n) is 4.39. The molecule has 2 heterocycles. The van der Waals surface area contributed by atoms with Gasteiger partial charge < -0.3 is 20.5 Å². The zero-order valence-corrected chi connectivity index (χ0v) is 19.1. The van der Waals surface area contributed by atoms with E-state index in [-0.39, 0.29) is 41.6 Å². The van der Waals surface area contributed by atoms with Crippen LogP contribution < -0.4 is 15.4 Å². The van der Waals surface area contributed by atoms with Gasteiger partial charge in [0.2, 0.25) is 21.9 Å². The van der Waals surface area contributed by atoms with E-state index < -0.39 is 45.6 Å². The van der Waals surface area contributed by atoms with Gasteiger partial charge in [-0.1, -0.05) is 0 Å². The summed E-state index contributed by atoms with van der Waals surface area (Å²) in [5.41, 5.74) is -1.15. The first-order valence-electron chi connectivity index (χ1n) is 10.4. The molecule has 2 aromatic rings. The lowest BCUT2D eigenvalue weighted by atomic mass is 9.86. The molecule has 1 aliphatic carbocycles. The van der Waals surface area contributed by atoms with Crippen molar-refractivity contribution in [2.45, 2.75) is 42.5 Å². The predicted molar refractivity (Wildman–Crippen MR) is 115 cm³/mol. The van der Waals surface area contributed by atoms with Crippen LogP contribution in [0.5, 0.6) is 5.88 Å². The van der Waals surface area contributed by atoms with E-state index in [2.05, 4.69) is 25.3 Å². The topological polar surface area (TPSA) is 141 Å². The van der Waals surface area contributed by atoms with Crippen molar-refractivity contribution in [1.29, 1.82) is 5.41 Å². The molecule has 0 radical (unpaired) electrons.